The number of nitrogens with zero attached hydrogens (tertiary/aromatic N) is 3. The molecule has 3 aromatic rings. The Morgan fingerprint density at radius 3 is 2.57 bits per heavy atom. The van der Waals surface area contributed by atoms with E-state index in [1.54, 1.807) is 42.5 Å². The van der Waals surface area contributed by atoms with Crippen molar-refractivity contribution in [3.63, 3.8) is 0 Å². The third-order valence-electron chi connectivity index (χ3n) is 9.77. The van der Waals surface area contributed by atoms with Crippen molar-refractivity contribution in [1.29, 1.82) is 5.26 Å². The van der Waals surface area contributed by atoms with E-state index in [9.17, 15) is 18.8 Å². The molecule has 3 heterocycles. The van der Waals surface area contributed by atoms with Crippen LogP contribution in [-0.4, -0.2) is 41.8 Å². The lowest BCUT2D eigenvalue weighted by Gasteiger charge is -2.35. The van der Waals surface area contributed by atoms with Crippen molar-refractivity contribution in [2.45, 2.75) is 57.2 Å². The van der Waals surface area contributed by atoms with Gasteiger partial charge in [-0.2, -0.15) is 5.26 Å². The van der Waals surface area contributed by atoms with Gasteiger partial charge in [0.05, 0.1) is 23.9 Å². The smallest absolute Gasteiger partial charge is 0.255 e. The standard InChI is InChI=1S/C34H30F2N4O4/c35-26-15-21(25-16-34(25)10-12-39(13-11-34)28-7-4-20(17-37)14-27(28)36)5-6-22(26)19-44-30-3-1-2-23-24(30)18-40(33(23)43)29-8-9-31(41)38-32(29)42/h1-7,14-15,25,29H,8-13,16,18-19H2,(H,38,41,42)/t25?,29-/m0/s1. The number of halogens is 2. The lowest BCUT2D eigenvalue weighted by atomic mass is 9.88. The summed E-state index contributed by atoms with van der Waals surface area (Å²) < 4.78 is 35.9. The molecule has 1 saturated carbocycles. The molecule has 44 heavy (non-hydrogen) atoms. The van der Waals surface area contributed by atoms with Gasteiger partial charge in [0.1, 0.15) is 30.0 Å². The molecule has 3 amide bonds. The van der Waals surface area contributed by atoms with E-state index in [-0.39, 0.29) is 60.8 Å². The number of carbonyl (C=O) groups excluding carboxylic acids is 3. The number of rotatable bonds is 6. The molecule has 224 valence electrons. The first-order chi connectivity index (χ1) is 21.3. The molecule has 8 nitrogen and oxygen atoms in total. The summed E-state index contributed by atoms with van der Waals surface area (Å²) in [5, 5.41) is 11.3. The second-order valence-corrected chi connectivity index (χ2v) is 12.2. The van der Waals surface area contributed by atoms with E-state index < -0.39 is 11.9 Å². The van der Waals surface area contributed by atoms with Crippen molar-refractivity contribution in [3.8, 4) is 11.8 Å². The van der Waals surface area contributed by atoms with Gasteiger partial charge in [0, 0.05) is 36.2 Å². The number of anilines is 1. The molecule has 1 spiro atoms. The summed E-state index contributed by atoms with van der Waals surface area (Å²) in [6, 6.07) is 16.2. The van der Waals surface area contributed by atoms with Crippen LogP contribution in [0.2, 0.25) is 0 Å². The van der Waals surface area contributed by atoms with Gasteiger partial charge in [0.25, 0.3) is 5.91 Å². The van der Waals surface area contributed by atoms with Crippen LogP contribution in [0.1, 0.15) is 70.6 Å². The van der Waals surface area contributed by atoms with Gasteiger partial charge in [-0.3, -0.25) is 19.7 Å². The first-order valence-corrected chi connectivity index (χ1v) is 14.9. The molecule has 7 rings (SSSR count). The van der Waals surface area contributed by atoms with E-state index in [2.05, 4.69) is 5.32 Å². The molecule has 1 N–H and O–H groups in total. The zero-order valence-corrected chi connectivity index (χ0v) is 23.9. The third kappa shape index (κ3) is 4.86. The Hall–Kier alpha value is -4.78. The minimum Gasteiger partial charge on any atom is -0.488 e. The second-order valence-electron chi connectivity index (χ2n) is 12.2. The molecular formula is C34H30F2N4O4. The summed E-state index contributed by atoms with van der Waals surface area (Å²) in [7, 11) is 0. The van der Waals surface area contributed by atoms with Crippen molar-refractivity contribution < 1.29 is 27.9 Å². The Bertz CT molecular complexity index is 1740. The van der Waals surface area contributed by atoms with Crippen LogP contribution >= 0.6 is 0 Å². The Morgan fingerprint density at radius 1 is 1.02 bits per heavy atom. The fraction of sp³-hybridized carbons (Fsp3) is 0.353. The number of fused-ring (bicyclic) bond motifs is 1. The number of imide groups is 1. The van der Waals surface area contributed by atoms with Gasteiger partial charge >= 0.3 is 0 Å². The first-order valence-electron chi connectivity index (χ1n) is 14.9. The number of carbonyl (C=O) groups is 3. The van der Waals surface area contributed by atoms with Crippen molar-refractivity contribution >= 4 is 23.4 Å². The lowest BCUT2D eigenvalue weighted by Crippen LogP contribution is -2.52. The quantitative estimate of drug-likeness (QED) is 0.404. The van der Waals surface area contributed by atoms with Gasteiger partial charge in [0.15, 0.2) is 0 Å². The number of amides is 3. The maximum absolute atomic E-state index is 15.3. The molecule has 0 radical (unpaired) electrons. The number of hydrogen-bond donors (Lipinski definition) is 1. The molecule has 4 aliphatic rings. The monoisotopic (exact) mass is 596 g/mol. The molecule has 2 atom stereocenters. The minimum absolute atomic E-state index is 0.0178. The summed E-state index contributed by atoms with van der Waals surface area (Å²) >= 11 is 0. The molecule has 3 aromatic carbocycles. The molecule has 0 aromatic heterocycles. The molecule has 1 unspecified atom stereocenters. The normalized spacial score (nSPS) is 22.1. The van der Waals surface area contributed by atoms with E-state index in [4.69, 9.17) is 10.00 Å². The molecule has 2 saturated heterocycles. The van der Waals surface area contributed by atoms with E-state index in [1.165, 1.54) is 11.0 Å². The van der Waals surface area contributed by atoms with Gasteiger partial charge in [-0.25, -0.2) is 8.78 Å². The van der Waals surface area contributed by atoms with Gasteiger partial charge in [-0.15, -0.1) is 0 Å². The fourth-order valence-corrected chi connectivity index (χ4v) is 7.14. The van der Waals surface area contributed by atoms with Gasteiger partial charge in [0.2, 0.25) is 11.8 Å². The average Bonchev–Trinajstić information content (AvgIpc) is 3.61. The van der Waals surface area contributed by atoms with Crippen molar-refractivity contribution in [2.75, 3.05) is 18.0 Å². The number of ether oxygens (including phenoxy) is 1. The summed E-state index contributed by atoms with van der Waals surface area (Å²) in [6.07, 6.45) is 3.19. The van der Waals surface area contributed by atoms with Crippen molar-refractivity contribution in [3.05, 3.63) is 94.0 Å². The lowest BCUT2D eigenvalue weighted by molar-refractivity contribution is -0.136. The number of nitriles is 1. The zero-order chi connectivity index (χ0) is 30.6. The van der Waals surface area contributed by atoms with Crippen LogP contribution in [0.4, 0.5) is 14.5 Å². The van der Waals surface area contributed by atoms with E-state index in [0.717, 1.165) is 24.8 Å². The fourth-order valence-electron chi connectivity index (χ4n) is 7.14. The highest BCUT2D eigenvalue weighted by atomic mass is 19.1. The molecule has 1 aliphatic carbocycles. The number of nitrogens with one attached hydrogen (secondary N) is 1. The first kappa shape index (κ1) is 28.0. The zero-order valence-electron chi connectivity index (χ0n) is 23.9. The Kier molecular flexibility index (Phi) is 6.84. The second kappa shape index (κ2) is 10.7. The number of piperidine rings is 2. The molecule has 10 heteroatoms. The van der Waals surface area contributed by atoms with Crippen LogP contribution in [0.25, 0.3) is 0 Å². The molecule has 0 bridgehead atoms. The van der Waals surface area contributed by atoms with Crippen molar-refractivity contribution in [2.24, 2.45) is 5.41 Å². The molecule has 3 fully saturated rings. The van der Waals surface area contributed by atoms with E-state index in [0.29, 0.717) is 46.8 Å². The highest BCUT2D eigenvalue weighted by Crippen LogP contribution is 2.65. The Labute approximate surface area is 253 Å². The highest BCUT2D eigenvalue weighted by Gasteiger charge is 2.55. The van der Waals surface area contributed by atoms with Crippen LogP contribution in [0.3, 0.4) is 0 Å². The predicted molar refractivity (Wildman–Crippen MR) is 156 cm³/mol. The summed E-state index contributed by atoms with van der Waals surface area (Å²) in [6.45, 7) is 1.57. The third-order valence-corrected chi connectivity index (χ3v) is 9.77. The minimum atomic E-state index is -0.722. The molecule has 3 aliphatic heterocycles. The van der Waals surface area contributed by atoms with Gasteiger partial charge < -0.3 is 14.5 Å². The van der Waals surface area contributed by atoms with Crippen LogP contribution in [0.15, 0.2) is 54.6 Å². The van der Waals surface area contributed by atoms with Crippen LogP contribution < -0.4 is 15.0 Å². The SMILES string of the molecule is N#Cc1ccc(N2CCC3(CC2)CC3c2ccc(COc3cccc4c3CN([C@H]3CCC(=O)NC3=O)C4=O)c(F)c2)c(F)c1. The van der Waals surface area contributed by atoms with E-state index in [1.807, 2.05) is 17.0 Å². The molecular weight excluding hydrogens is 566 g/mol. The maximum atomic E-state index is 15.3. The van der Waals surface area contributed by atoms with Crippen LogP contribution in [0, 0.1) is 28.4 Å². The number of benzene rings is 3. The average molecular weight is 597 g/mol. The largest absolute Gasteiger partial charge is 0.488 e. The van der Waals surface area contributed by atoms with Gasteiger partial charge in [-0.1, -0.05) is 18.2 Å². The topological polar surface area (TPSA) is 103 Å². The Balaban J connectivity index is 0.984. The van der Waals surface area contributed by atoms with Crippen LogP contribution in [0.5, 0.6) is 5.75 Å². The summed E-state index contributed by atoms with van der Waals surface area (Å²) in [5.74, 6) is -1.13. The summed E-state index contributed by atoms with van der Waals surface area (Å²) in [4.78, 5) is 40.5. The maximum Gasteiger partial charge on any atom is 0.255 e. The Morgan fingerprint density at radius 2 is 1.84 bits per heavy atom. The predicted octanol–water partition coefficient (Wildman–Crippen LogP) is 4.95. The van der Waals surface area contributed by atoms with Crippen LogP contribution in [-0.2, 0) is 22.7 Å². The van der Waals surface area contributed by atoms with Gasteiger partial charge in [-0.05, 0) is 79.0 Å². The summed E-state index contributed by atoms with van der Waals surface area (Å²) in [5.41, 5.74) is 3.35. The number of hydrogen-bond acceptors (Lipinski definition) is 6. The van der Waals surface area contributed by atoms with E-state index >= 15 is 4.39 Å². The highest BCUT2D eigenvalue weighted by molar-refractivity contribution is 6.05. The van der Waals surface area contributed by atoms with Crippen molar-refractivity contribution in [1.82, 2.24) is 10.2 Å².